The van der Waals surface area contributed by atoms with E-state index >= 15 is 0 Å². The van der Waals surface area contributed by atoms with E-state index < -0.39 is 0 Å². The molecule has 2 aromatic carbocycles. The second kappa shape index (κ2) is 6.44. The fraction of sp³-hybridized carbons (Fsp3) is 0.0952. The number of benzene rings is 2. The van der Waals surface area contributed by atoms with Crippen molar-refractivity contribution in [2.45, 2.75) is 13.8 Å². The van der Waals surface area contributed by atoms with Gasteiger partial charge in [0.2, 0.25) is 0 Å². The van der Waals surface area contributed by atoms with Crippen LogP contribution in [0.4, 0.5) is 5.69 Å². The molecule has 1 amide bonds. The minimum atomic E-state index is -0.180. The summed E-state index contributed by atoms with van der Waals surface area (Å²) in [6.45, 7) is 3.86. The lowest BCUT2D eigenvalue weighted by Crippen LogP contribution is -2.13. The van der Waals surface area contributed by atoms with Gasteiger partial charge in [-0.05, 0) is 49.7 Å². The van der Waals surface area contributed by atoms with Crippen LogP contribution in [-0.4, -0.2) is 20.7 Å². The monoisotopic (exact) mass is 342 g/mol. The summed E-state index contributed by atoms with van der Waals surface area (Å²) in [7, 11) is 0. The molecule has 0 saturated heterocycles. The van der Waals surface area contributed by atoms with Gasteiger partial charge in [-0.15, -0.1) is 0 Å². The Bertz CT molecular complexity index is 1110. The third-order valence-electron chi connectivity index (χ3n) is 4.33. The van der Waals surface area contributed by atoms with Crippen molar-refractivity contribution in [3.8, 4) is 5.82 Å². The minimum absolute atomic E-state index is 0.180. The van der Waals surface area contributed by atoms with E-state index in [2.05, 4.69) is 15.4 Å². The standard InChI is InChI=1S/C21H18N4O/c1-14-6-5-8-17(12-14)23-21(26)18-13-22-25(15(18)2)20-11-10-16-7-3-4-9-19(16)24-20/h3-13H,1-2H3,(H,23,26). The quantitative estimate of drug-likeness (QED) is 0.604. The molecule has 0 aliphatic carbocycles. The molecule has 0 bridgehead atoms. The highest BCUT2D eigenvalue weighted by Gasteiger charge is 2.16. The zero-order valence-corrected chi connectivity index (χ0v) is 14.6. The van der Waals surface area contributed by atoms with Gasteiger partial charge in [0, 0.05) is 11.1 Å². The summed E-state index contributed by atoms with van der Waals surface area (Å²) in [5.41, 5.74) is 4.03. The van der Waals surface area contributed by atoms with E-state index in [1.165, 1.54) is 0 Å². The molecule has 0 aliphatic heterocycles. The predicted molar refractivity (Wildman–Crippen MR) is 103 cm³/mol. The van der Waals surface area contributed by atoms with E-state index in [9.17, 15) is 4.79 Å². The molecule has 2 aromatic heterocycles. The van der Waals surface area contributed by atoms with Gasteiger partial charge in [0.15, 0.2) is 5.82 Å². The van der Waals surface area contributed by atoms with Crippen molar-refractivity contribution in [3.63, 3.8) is 0 Å². The Morgan fingerprint density at radius 2 is 1.85 bits per heavy atom. The van der Waals surface area contributed by atoms with Crippen LogP contribution in [0.3, 0.4) is 0 Å². The third kappa shape index (κ3) is 2.95. The van der Waals surface area contributed by atoms with Crippen LogP contribution in [0.1, 0.15) is 21.6 Å². The van der Waals surface area contributed by atoms with Crippen molar-refractivity contribution in [2.24, 2.45) is 0 Å². The fourth-order valence-electron chi connectivity index (χ4n) is 2.96. The molecule has 0 saturated carbocycles. The van der Waals surface area contributed by atoms with Gasteiger partial charge in [-0.3, -0.25) is 4.79 Å². The maximum atomic E-state index is 12.6. The number of para-hydroxylation sites is 1. The van der Waals surface area contributed by atoms with Crippen molar-refractivity contribution in [1.29, 1.82) is 0 Å². The number of nitrogens with zero attached hydrogens (tertiary/aromatic N) is 3. The summed E-state index contributed by atoms with van der Waals surface area (Å²) in [5.74, 6) is 0.510. The second-order valence-electron chi connectivity index (χ2n) is 6.24. The molecule has 128 valence electrons. The lowest BCUT2D eigenvalue weighted by Gasteiger charge is -2.07. The number of nitrogens with one attached hydrogen (secondary N) is 1. The number of fused-ring (bicyclic) bond motifs is 1. The van der Waals surface area contributed by atoms with Crippen molar-refractivity contribution in [3.05, 3.63) is 83.7 Å². The molecule has 0 spiro atoms. The number of pyridine rings is 1. The highest BCUT2D eigenvalue weighted by molar-refractivity contribution is 6.05. The Hall–Kier alpha value is -3.47. The van der Waals surface area contributed by atoms with Gasteiger partial charge in [0.05, 0.1) is 23.0 Å². The first kappa shape index (κ1) is 16.0. The van der Waals surface area contributed by atoms with Crippen LogP contribution in [0.25, 0.3) is 16.7 Å². The molecule has 26 heavy (non-hydrogen) atoms. The first-order chi connectivity index (χ1) is 12.6. The average Bonchev–Trinajstić information content (AvgIpc) is 3.03. The molecule has 4 rings (SSSR count). The Kier molecular flexibility index (Phi) is 3.97. The van der Waals surface area contributed by atoms with Crippen LogP contribution in [0.5, 0.6) is 0 Å². The summed E-state index contributed by atoms with van der Waals surface area (Å²) >= 11 is 0. The van der Waals surface area contributed by atoms with Gasteiger partial charge < -0.3 is 5.32 Å². The van der Waals surface area contributed by atoms with E-state index in [1.807, 2.05) is 74.5 Å². The number of carbonyl (C=O) groups is 1. The molecule has 5 nitrogen and oxygen atoms in total. The average molecular weight is 342 g/mol. The van der Waals surface area contributed by atoms with Crippen LogP contribution in [0.15, 0.2) is 66.9 Å². The molecule has 0 fully saturated rings. The Balaban J connectivity index is 1.65. The van der Waals surface area contributed by atoms with Gasteiger partial charge in [0.1, 0.15) is 0 Å². The number of aromatic nitrogens is 3. The number of hydrogen-bond donors (Lipinski definition) is 1. The van der Waals surface area contributed by atoms with Crippen LogP contribution < -0.4 is 5.32 Å². The summed E-state index contributed by atoms with van der Waals surface area (Å²) in [5, 5.41) is 8.36. The maximum Gasteiger partial charge on any atom is 0.259 e. The number of carbonyl (C=O) groups excluding carboxylic acids is 1. The normalized spacial score (nSPS) is 10.8. The molecule has 0 radical (unpaired) electrons. The Labute approximate surface area is 151 Å². The number of hydrogen-bond acceptors (Lipinski definition) is 3. The van der Waals surface area contributed by atoms with E-state index in [1.54, 1.807) is 10.9 Å². The van der Waals surface area contributed by atoms with Crippen molar-refractivity contribution < 1.29 is 4.79 Å². The zero-order chi connectivity index (χ0) is 18.1. The first-order valence-electron chi connectivity index (χ1n) is 8.40. The number of anilines is 1. The molecular weight excluding hydrogens is 324 g/mol. The van der Waals surface area contributed by atoms with Gasteiger partial charge in [-0.2, -0.15) is 5.10 Å². The summed E-state index contributed by atoms with van der Waals surface area (Å²) in [4.78, 5) is 17.3. The third-order valence-corrected chi connectivity index (χ3v) is 4.33. The van der Waals surface area contributed by atoms with E-state index in [0.29, 0.717) is 11.4 Å². The van der Waals surface area contributed by atoms with Crippen LogP contribution >= 0.6 is 0 Å². The highest BCUT2D eigenvalue weighted by Crippen LogP contribution is 2.18. The number of rotatable bonds is 3. The predicted octanol–water partition coefficient (Wildman–Crippen LogP) is 4.29. The van der Waals surface area contributed by atoms with Crippen LogP contribution in [0, 0.1) is 13.8 Å². The largest absolute Gasteiger partial charge is 0.322 e. The van der Waals surface area contributed by atoms with Crippen molar-refractivity contribution in [2.75, 3.05) is 5.32 Å². The van der Waals surface area contributed by atoms with Crippen molar-refractivity contribution >= 4 is 22.5 Å². The second-order valence-corrected chi connectivity index (χ2v) is 6.24. The molecule has 5 heteroatoms. The molecule has 1 N–H and O–H groups in total. The van der Waals surface area contributed by atoms with Gasteiger partial charge in [-0.1, -0.05) is 30.3 Å². The molecule has 0 aliphatic rings. The van der Waals surface area contributed by atoms with Gasteiger partial charge in [0.25, 0.3) is 5.91 Å². The van der Waals surface area contributed by atoms with Gasteiger partial charge in [-0.25, -0.2) is 9.67 Å². The van der Waals surface area contributed by atoms with E-state index in [4.69, 9.17) is 0 Å². The smallest absolute Gasteiger partial charge is 0.259 e. The van der Waals surface area contributed by atoms with Crippen LogP contribution in [0.2, 0.25) is 0 Å². The SMILES string of the molecule is Cc1cccc(NC(=O)c2cnn(-c3ccc4ccccc4n3)c2C)c1. The van der Waals surface area contributed by atoms with E-state index in [-0.39, 0.29) is 5.91 Å². The lowest BCUT2D eigenvalue weighted by atomic mass is 10.2. The number of aryl methyl sites for hydroxylation is 1. The molecule has 0 unspecified atom stereocenters. The lowest BCUT2D eigenvalue weighted by molar-refractivity contribution is 0.102. The summed E-state index contributed by atoms with van der Waals surface area (Å²) in [6.07, 6.45) is 1.58. The molecule has 4 aromatic rings. The van der Waals surface area contributed by atoms with E-state index in [0.717, 1.165) is 27.8 Å². The van der Waals surface area contributed by atoms with Crippen LogP contribution in [-0.2, 0) is 0 Å². The minimum Gasteiger partial charge on any atom is -0.322 e. The highest BCUT2D eigenvalue weighted by atomic mass is 16.1. The Morgan fingerprint density at radius 1 is 1.00 bits per heavy atom. The first-order valence-corrected chi connectivity index (χ1v) is 8.40. The molecule has 2 heterocycles. The molecule has 0 atom stereocenters. The topological polar surface area (TPSA) is 59.8 Å². The van der Waals surface area contributed by atoms with Crippen molar-refractivity contribution in [1.82, 2.24) is 14.8 Å². The molecular formula is C21H18N4O. The Morgan fingerprint density at radius 3 is 2.69 bits per heavy atom. The fourth-order valence-corrected chi connectivity index (χ4v) is 2.96. The zero-order valence-electron chi connectivity index (χ0n) is 14.6. The summed E-state index contributed by atoms with van der Waals surface area (Å²) in [6, 6.07) is 19.5. The number of amides is 1. The van der Waals surface area contributed by atoms with Gasteiger partial charge >= 0.3 is 0 Å². The summed E-state index contributed by atoms with van der Waals surface area (Å²) < 4.78 is 1.69. The maximum absolute atomic E-state index is 12.6.